The van der Waals surface area contributed by atoms with Crippen molar-refractivity contribution in [1.82, 2.24) is 20.9 Å². The van der Waals surface area contributed by atoms with Gasteiger partial charge in [0.1, 0.15) is 12.1 Å². The molecule has 2 unspecified atom stereocenters. The molecule has 0 aromatic carbocycles. The van der Waals surface area contributed by atoms with Crippen LogP contribution in [0.3, 0.4) is 0 Å². The van der Waals surface area contributed by atoms with Crippen LogP contribution < -0.4 is 33.2 Å². The summed E-state index contributed by atoms with van der Waals surface area (Å²) in [5.74, 6) is -2.60. The maximum atomic E-state index is 12.6. The van der Waals surface area contributed by atoms with Crippen LogP contribution in [0, 0.1) is 11.8 Å². The van der Waals surface area contributed by atoms with E-state index in [9.17, 15) is 24.0 Å². The SMILES string of the molecule is CC(C)C(N)C(=O)NC(CCCNC(N)=O)C(=O)NCC(=O)N(C)[C@H](C(N)=O)C(C)C. The van der Waals surface area contributed by atoms with Crippen molar-refractivity contribution in [3.05, 3.63) is 0 Å². The Hall–Kier alpha value is -2.89. The zero-order valence-corrected chi connectivity index (χ0v) is 18.9. The molecule has 178 valence electrons. The summed E-state index contributed by atoms with van der Waals surface area (Å²) in [6.07, 6.45) is 0.534. The van der Waals surface area contributed by atoms with E-state index in [1.807, 2.05) is 0 Å². The highest BCUT2D eigenvalue weighted by Crippen LogP contribution is 2.09. The third kappa shape index (κ3) is 10.1. The van der Waals surface area contributed by atoms with Crippen molar-refractivity contribution < 1.29 is 24.0 Å². The van der Waals surface area contributed by atoms with Crippen molar-refractivity contribution in [1.29, 1.82) is 0 Å². The van der Waals surface area contributed by atoms with E-state index in [2.05, 4.69) is 16.0 Å². The molecule has 3 atom stereocenters. The summed E-state index contributed by atoms with van der Waals surface area (Å²) in [6.45, 7) is 6.88. The van der Waals surface area contributed by atoms with E-state index in [1.165, 1.54) is 11.9 Å². The molecule has 0 heterocycles. The van der Waals surface area contributed by atoms with Gasteiger partial charge >= 0.3 is 6.03 Å². The molecule has 0 spiro atoms. The van der Waals surface area contributed by atoms with Crippen LogP contribution >= 0.6 is 0 Å². The van der Waals surface area contributed by atoms with Crippen molar-refractivity contribution in [3.63, 3.8) is 0 Å². The highest BCUT2D eigenvalue weighted by atomic mass is 16.2. The van der Waals surface area contributed by atoms with Gasteiger partial charge in [-0.2, -0.15) is 0 Å². The maximum absolute atomic E-state index is 12.6. The van der Waals surface area contributed by atoms with Crippen molar-refractivity contribution >= 4 is 29.7 Å². The molecule has 0 aromatic heterocycles. The largest absolute Gasteiger partial charge is 0.368 e. The van der Waals surface area contributed by atoms with E-state index in [0.29, 0.717) is 6.42 Å². The molecular weight excluding hydrogens is 406 g/mol. The fourth-order valence-electron chi connectivity index (χ4n) is 2.89. The lowest BCUT2D eigenvalue weighted by Crippen LogP contribution is -2.55. The van der Waals surface area contributed by atoms with Gasteiger partial charge in [0.2, 0.25) is 23.6 Å². The molecule has 0 rings (SSSR count). The van der Waals surface area contributed by atoms with E-state index < -0.39 is 47.8 Å². The van der Waals surface area contributed by atoms with Gasteiger partial charge in [-0.05, 0) is 24.7 Å². The molecule has 0 aliphatic carbocycles. The number of nitrogens with two attached hydrogens (primary N) is 3. The predicted molar refractivity (Wildman–Crippen MR) is 115 cm³/mol. The van der Waals surface area contributed by atoms with Gasteiger partial charge in [-0.1, -0.05) is 27.7 Å². The molecule has 0 bridgehead atoms. The van der Waals surface area contributed by atoms with Crippen LogP contribution in [0.1, 0.15) is 40.5 Å². The highest BCUT2D eigenvalue weighted by Gasteiger charge is 2.29. The second-order valence-electron chi connectivity index (χ2n) is 8.08. The van der Waals surface area contributed by atoms with Crippen molar-refractivity contribution in [3.8, 4) is 0 Å². The molecular formula is C19H37N7O5. The molecule has 12 nitrogen and oxygen atoms in total. The summed E-state index contributed by atoms with van der Waals surface area (Å²) in [4.78, 5) is 60.9. The second-order valence-corrected chi connectivity index (χ2v) is 8.08. The van der Waals surface area contributed by atoms with Crippen molar-refractivity contribution in [2.45, 2.75) is 58.7 Å². The normalized spacial score (nSPS) is 13.8. The summed E-state index contributed by atoms with van der Waals surface area (Å²) in [5, 5.41) is 7.45. The van der Waals surface area contributed by atoms with Crippen LogP contribution in [0.15, 0.2) is 0 Å². The van der Waals surface area contributed by atoms with Gasteiger partial charge in [0.05, 0.1) is 12.6 Å². The number of nitrogens with zero attached hydrogens (tertiary/aromatic N) is 1. The number of carbonyl (C=O) groups is 5. The summed E-state index contributed by atoms with van der Waals surface area (Å²) >= 11 is 0. The minimum absolute atomic E-state index is 0.141. The van der Waals surface area contributed by atoms with Gasteiger partial charge < -0.3 is 38.1 Å². The Balaban J connectivity index is 5.07. The van der Waals surface area contributed by atoms with Crippen LogP contribution in [-0.4, -0.2) is 72.8 Å². The average molecular weight is 444 g/mol. The predicted octanol–water partition coefficient (Wildman–Crippen LogP) is -2.01. The third-order valence-electron chi connectivity index (χ3n) is 4.77. The Bertz CT molecular complexity index is 654. The van der Waals surface area contributed by atoms with Gasteiger partial charge in [-0.25, -0.2) is 4.79 Å². The summed E-state index contributed by atoms with van der Waals surface area (Å²) < 4.78 is 0. The van der Waals surface area contributed by atoms with Crippen LogP contribution in [-0.2, 0) is 19.2 Å². The minimum Gasteiger partial charge on any atom is -0.368 e. The Morgan fingerprint density at radius 1 is 0.903 bits per heavy atom. The average Bonchev–Trinajstić information content (AvgIpc) is 2.66. The number of urea groups is 1. The number of likely N-dealkylation sites (N-methyl/N-ethyl adjacent to an activating group) is 1. The molecule has 0 aromatic rings. The topological polar surface area (TPSA) is 203 Å². The first-order chi connectivity index (χ1) is 14.3. The maximum Gasteiger partial charge on any atom is 0.312 e. The van der Waals surface area contributed by atoms with Gasteiger partial charge in [0, 0.05) is 13.6 Å². The van der Waals surface area contributed by atoms with E-state index in [-0.39, 0.29) is 31.3 Å². The van der Waals surface area contributed by atoms with Gasteiger partial charge in [0.25, 0.3) is 0 Å². The zero-order chi connectivity index (χ0) is 24.3. The lowest BCUT2D eigenvalue weighted by atomic mass is 10.0. The number of rotatable bonds is 13. The number of primary amides is 2. The molecule has 31 heavy (non-hydrogen) atoms. The summed E-state index contributed by atoms with van der Waals surface area (Å²) in [6, 6.07) is -3.30. The minimum atomic E-state index is -0.970. The highest BCUT2D eigenvalue weighted by molar-refractivity contribution is 5.93. The van der Waals surface area contributed by atoms with E-state index >= 15 is 0 Å². The number of nitrogens with one attached hydrogen (secondary N) is 3. The van der Waals surface area contributed by atoms with Crippen LogP contribution in [0.2, 0.25) is 0 Å². The molecule has 0 aliphatic rings. The first-order valence-electron chi connectivity index (χ1n) is 10.2. The number of carbonyl (C=O) groups excluding carboxylic acids is 5. The second kappa shape index (κ2) is 13.4. The number of amides is 6. The number of hydrogen-bond donors (Lipinski definition) is 6. The molecule has 0 radical (unpaired) electrons. The molecule has 6 amide bonds. The Morgan fingerprint density at radius 3 is 1.94 bits per heavy atom. The number of hydrogen-bond acceptors (Lipinski definition) is 6. The monoisotopic (exact) mass is 443 g/mol. The van der Waals surface area contributed by atoms with Crippen molar-refractivity contribution in [2.75, 3.05) is 20.1 Å². The van der Waals surface area contributed by atoms with Gasteiger partial charge in [0.15, 0.2) is 0 Å². The Kier molecular flexibility index (Phi) is 12.2. The quantitative estimate of drug-likeness (QED) is 0.177. The summed E-state index contributed by atoms with van der Waals surface area (Å²) in [5.41, 5.74) is 16.2. The van der Waals surface area contributed by atoms with E-state index in [4.69, 9.17) is 17.2 Å². The van der Waals surface area contributed by atoms with Crippen LogP contribution in [0.5, 0.6) is 0 Å². The summed E-state index contributed by atoms with van der Waals surface area (Å²) in [7, 11) is 1.43. The lowest BCUT2D eigenvalue weighted by molar-refractivity contribution is -0.139. The Morgan fingerprint density at radius 2 is 1.48 bits per heavy atom. The Labute approximate surface area is 183 Å². The lowest BCUT2D eigenvalue weighted by Gasteiger charge is -2.29. The van der Waals surface area contributed by atoms with E-state index in [1.54, 1.807) is 27.7 Å². The standard InChI is InChI=1S/C19H37N7O5/c1-10(2)14(20)18(30)25-12(7-6-8-23-19(22)31)17(29)24-9-13(27)26(5)15(11(3)4)16(21)28/h10-12,14-15H,6-9,20H2,1-5H3,(H2,21,28)(H,24,29)(H,25,30)(H3,22,23,31)/t12?,14?,15-/m0/s1. The molecule has 0 fully saturated rings. The van der Waals surface area contributed by atoms with Crippen LogP contribution in [0.25, 0.3) is 0 Å². The fraction of sp³-hybridized carbons (Fsp3) is 0.737. The first kappa shape index (κ1) is 28.1. The van der Waals surface area contributed by atoms with Crippen molar-refractivity contribution in [2.24, 2.45) is 29.0 Å². The van der Waals surface area contributed by atoms with E-state index in [0.717, 1.165) is 0 Å². The van der Waals surface area contributed by atoms with Gasteiger partial charge in [-0.3, -0.25) is 19.2 Å². The molecule has 0 saturated heterocycles. The molecule has 0 aliphatic heterocycles. The molecule has 9 N–H and O–H groups in total. The molecule has 12 heteroatoms. The first-order valence-corrected chi connectivity index (χ1v) is 10.2. The fourth-order valence-corrected chi connectivity index (χ4v) is 2.89. The van der Waals surface area contributed by atoms with Gasteiger partial charge in [-0.15, -0.1) is 0 Å². The zero-order valence-electron chi connectivity index (χ0n) is 18.9. The smallest absolute Gasteiger partial charge is 0.312 e. The molecule has 0 saturated carbocycles. The third-order valence-corrected chi connectivity index (χ3v) is 4.77. The van der Waals surface area contributed by atoms with Crippen LogP contribution in [0.4, 0.5) is 4.79 Å².